The van der Waals surface area contributed by atoms with Crippen LogP contribution in [0.1, 0.15) is 25.5 Å². The van der Waals surface area contributed by atoms with Crippen LogP contribution < -0.4 is 15.8 Å². The van der Waals surface area contributed by atoms with Crippen molar-refractivity contribution in [1.29, 1.82) is 0 Å². The molecule has 1 unspecified atom stereocenters. The van der Waals surface area contributed by atoms with E-state index < -0.39 is 11.9 Å². The van der Waals surface area contributed by atoms with Gasteiger partial charge in [-0.1, -0.05) is 41.4 Å². The van der Waals surface area contributed by atoms with Crippen molar-refractivity contribution in [3.63, 3.8) is 0 Å². The molecule has 1 atom stereocenters. The van der Waals surface area contributed by atoms with Crippen molar-refractivity contribution < 1.29 is 9.53 Å². The zero-order chi connectivity index (χ0) is 21.4. The van der Waals surface area contributed by atoms with Gasteiger partial charge in [0.15, 0.2) is 5.82 Å². The second kappa shape index (κ2) is 8.01. The minimum absolute atomic E-state index is 0.389. The molecule has 0 saturated heterocycles. The number of primary amides is 1. The van der Waals surface area contributed by atoms with Crippen molar-refractivity contribution in [1.82, 2.24) is 14.8 Å². The average Bonchev–Trinajstić information content (AvgIpc) is 3.13. The number of rotatable bonds is 5. The van der Waals surface area contributed by atoms with Gasteiger partial charge in [-0.25, -0.2) is 4.68 Å². The fraction of sp³-hybridized carbons (Fsp3) is 0.190. The van der Waals surface area contributed by atoms with Crippen LogP contribution in [0.4, 0.5) is 5.95 Å². The van der Waals surface area contributed by atoms with E-state index in [1.165, 1.54) is 0 Å². The molecule has 154 valence electrons. The first-order valence-corrected chi connectivity index (χ1v) is 10.1. The molecular weight excluding hydrogens is 425 g/mol. The van der Waals surface area contributed by atoms with Crippen LogP contribution in [0.3, 0.4) is 0 Å². The van der Waals surface area contributed by atoms with E-state index in [1.807, 2.05) is 31.2 Å². The number of fused-ring (bicyclic) bond motifs is 1. The van der Waals surface area contributed by atoms with E-state index in [0.29, 0.717) is 51.0 Å². The van der Waals surface area contributed by atoms with Gasteiger partial charge in [-0.3, -0.25) is 4.79 Å². The first kappa shape index (κ1) is 20.3. The van der Waals surface area contributed by atoms with E-state index in [2.05, 4.69) is 15.4 Å². The van der Waals surface area contributed by atoms with Crippen LogP contribution in [0.5, 0.6) is 5.75 Å². The zero-order valence-electron chi connectivity index (χ0n) is 16.3. The number of anilines is 1. The Morgan fingerprint density at radius 1 is 1.23 bits per heavy atom. The average molecular weight is 444 g/mol. The Balaban J connectivity index is 1.90. The Morgan fingerprint density at radius 3 is 2.70 bits per heavy atom. The summed E-state index contributed by atoms with van der Waals surface area (Å²) in [5.74, 6) is 1.02. The molecule has 7 nitrogen and oxygen atoms in total. The number of para-hydroxylation sites is 1. The Kier molecular flexibility index (Phi) is 5.40. The third-order valence-electron chi connectivity index (χ3n) is 4.81. The normalized spacial score (nSPS) is 15.5. The molecule has 4 rings (SSSR count). The smallest absolute Gasteiger partial charge is 0.248 e. The van der Waals surface area contributed by atoms with Gasteiger partial charge in [0.2, 0.25) is 11.9 Å². The Labute approximate surface area is 183 Å². The molecule has 0 saturated carbocycles. The maximum absolute atomic E-state index is 12.4. The summed E-state index contributed by atoms with van der Waals surface area (Å²) in [5.41, 5.74) is 8.21. The predicted molar refractivity (Wildman–Crippen MR) is 117 cm³/mol. The summed E-state index contributed by atoms with van der Waals surface area (Å²) in [6.07, 6.45) is 0. The molecule has 1 aliphatic rings. The van der Waals surface area contributed by atoms with E-state index in [1.54, 1.807) is 29.8 Å². The maximum Gasteiger partial charge on any atom is 0.248 e. The summed E-state index contributed by atoms with van der Waals surface area (Å²) < 4.78 is 7.44. The van der Waals surface area contributed by atoms with Gasteiger partial charge in [0, 0.05) is 16.8 Å². The summed E-state index contributed by atoms with van der Waals surface area (Å²) in [5, 5.41) is 8.64. The molecule has 0 spiro atoms. The van der Waals surface area contributed by atoms with Crippen molar-refractivity contribution in [3.05, 3.63) is 69.3 Å². The third-order valence-corrected chi connectivity index (χ3v) is 5.55. The van der Waals surface area contributed by atoms with Gasteiger partial charge >= 0.3 is 0 Å². The van der Waals surface area contributed by atoms with E-state index in [4.69, 9.17) is 33.7 Å². The number of hydrogen-bond acceptors (Lipinski definition) is 5. The summed E-state index contributed by atoms with van der Waals surface area (Å²) >= 11 is 12.2. The monoisotopic (exact) mass is 443 g/mol. The highest BCUT2D eigenvalue weighted by Crippen LogP contribution is 2.40. The fourth-order valence-electron chi connectivity index (χ4n) is 3.51. The Morgan fingerprint density at radius 2 is 2.00 bits per heavy atom. The number of carbonyl (C=O) groups is 1. The molecule has 0 bridgehead atoms. The molecule has 0 radical (unpaired) electrons. The molecule has 30 heavy (non-hydrogen) atoms. The molecular formula is C21H19Cl2N5O2. The molecule has 0 fully saturated rings. The Bertz CT molecular complexity index is 1170. The van der Waals surface area contributed by atoms with Crippen molar-refractivity contribution in [2.24, 2.45) is 5.73 Å². The van der Waals surface area contributed by atoms with Gasteiger partial charge in [-0.15, -0.1) is 5.10 Å². The molecule has 9 heteroatoms. The topological polar surface area (TPSA) is 95.1 Å². The number of benzene rings is 2. The number of halogens is 2. The third kappa shape index (κ3) is 3.51. The van der Waals surface area contributed by atoms with Gasteiger partial charge in [-0.2, -0.15) is 4.98 Å². The fourth-order valence-corrected chi connectivity index (χ4v) is 3.81. The summed E-state index contributed by atoms with van der Waals surface area (Å²) in [4.78, 5) is 17.0. The lowest BCUT2D eigenvalue weighted by Gasteiger charge is -2.28. The highest BCUT2D eigenvalue weighted by atomic mass is 35.5. The van der Waals surface area contributed by atoms with Crippen molar-refractivity contribution in [2.75, 3.05) is 11.9 Å². The van der Waals surface area contributed by atoms with Crippen LogP contribution in [-0.4, -0.2) is 27.3 Å². The first-order valence-electron chi connectivity index (χ1n) is 9.32. The molecule has 3 N–H and O–H groups in total. The van der Waals surface area contributed by atoms with Crippen LogP contribution in [0, 0.1) is 0 Å². The van der Waals surface area contributed by atoms with Crippen molar-refractivity contribution in [2.45, 2.75) is 19.9 Å². The predicted octanol–water partition coefficient (Wildman–Crippen LogP) is 4.42. The minimum Gasteiger partial charge on any atom is -0.494 e. The molecule has 3 aromatic rings. The SMILES string of the molecule is CCOc1ccccc1C1C(C(N)=O)=C(C)Nc2nc(-c3ccc(Cl)c(Cl)c3)nn21. The Hall–Kier alpha value is -3.03. The van der Waals surface area contributed by atoms with Gasteiger partial charge in [0.25, 0.3) is 0 Å². The van der Waals surface area contributed by atoms with Crippen LogP contribution in [-0.2, 0) is 4.79 Å². The van der Waals surface area contributed by atoms with E-state index in [0.717, 1.165) is 5.56 Å². The minimum atomic E-state index is -0.592. The van der Waals surface area contributed by atoms with E-state index in [9.17, 15) is 4.79 Å². The second-order valence-corrected chi connectivity index (χ2v) is 7.55. The summed E-state index contributed by atoms with van der Waals surface area (Å²) in [6.45, 7) is 4.17. The molecule has 2 aromatic carbocycles. The van der Waals surface area contributed by atoms with Gasteiger partial charge in [0.1, 0.15) is 11.8 Å². The molecule has 1 amide bonds. The van der Waals surface area contributed by atoms with Crippen molar-refractivity contribution >= 4 is 35.1 Å². The number of amides is 1. The molecule has 1 aromatic heterocycles. The van der Waals surface area contributed by atoms with Crippen LogP contribution in [0.2, 0.25) is 10.0 Å². The van der Waals surface area contributed by atoms with Crippen LogP contribution in [0.15, 0.2) is 53.7 Å². The lowest BCUT2D eigenvalue weighted by Crippen LogP contribution is -2.32. The van der Waals surface area contributed by atoms with Gasteiger partial charge in [-0.05, 0) is 38.1 Å². The van der Waals surface area contributed by atoms with Gasteiger partial charge < -0.3 is 15.8 Å². The van der Waals surface area contributed by atoms with Crippen LogP contribution >= 0.6 is 23.2 Å². The first-order chi connectivity index (χ1) is 14.4. The molecule has 0 aliphatic carbocycles. The van der Waals surface area contributed by atoms with Crippen molar-refractivity contribution in [3.8, 4) is 17.1 Å². The second-order valence-electron chi connectivity index (χ2n) is 6.73. The number of nitrogens with zero attached hydrogens (tertiary/aromatic N) is 3. The highest BCUT2D eigenvalue weighted by Gasteiger charge is 2.35. The standard InChI is InChI=1S/C21H19Cl2N5O2/c1-3-30-16-7-5-4-6-13(16)18-17(19(24)29)11(2)25-21-26-20(27-28(18)21)12-8-9-14(22)15(23)10-12/h4-10,18H,3H2,1-2H3,(H2,24,29)(H,25,26,27). The van der Waals surface area contributed by atoms with E-state index >= 15 is 0 Å². The number of allylic oxidation sites excluding steroid dienone is 1. The largest absolute Gasteiger partial charge is 0.494 e. The number of nitrogens with two attached hydrogens (primary N) is 1. The number of carbonyl (C=O) groups excluding carboxylic acids is 1. The summed E-state index contributed by atoms with van der Waals surface area (Å²) in [6, 6.07) is 12.1. The van der Waals surface area contributed by atoms with E-state index in [-0.39, 0.29) is 0 Å². The van der Waals surface area contributed by atoms with Gasteiger partial charge in [0.05, 0.1) is 22.2 Å². The number of aromatic nitrogens is 3. The maximum atomic E-state index is 12.4. The number of hydrogen-bond donors (Lipinski definition) is 2. The number of ether oxygens (including phenoxy) is 1. The molecule has 2 heterocycles. The lowest BCUT2D eigenvalue weighted by atomic mass is 9.94. The lowest BCUT2D eigenvalue weighted by molar-refractivity contribution is -0.115. The van der Waals surface area contributed by atoms with Crippen LogP contribution in [0.25, 0.3) is 11.4 Å². The summed E-state index contributed by atoms with van der Waals surface area (Å²) in [7, 11) is 0. The zero-order valence-corrected chi connectivity index (χ0v) is 17.8. The number of nitrogens with one attached hydrogen (secondary N) is 1. The highest BCUT2D eigenvalue weighted by molar-refractivity contribution is 6.42. The molecule has 1 aliphatic heterocycles. The quantitative estimate of drug-likeness (QED) is 0.608.